The Kier molecular flexibility index (Phi) is 17.2. The van der Waals surface area contributed by atoms with Crippen molar-refractivity contribution < 1.29 is 25.9 Å². The Balaban J connectivity index is -0.000000320. The van der Waals surface area contributed by atoms with E-state index in [0.717, 1.165) is 19.3 Å². The molecule has 2 heteroatoms. The van der Waals surface area contributed by atoms with E-state index in [1.54, 1.807) is 0 Å². The zero-order valence-electron chi connectivity index (χ0n) is 10.8. The summed E-state index contributed by atoms with van der Waals surface area (Å²) >= 11 is 0. The van der Waals surface area contributed by atoms with E-state index in [2.05, 4.69) is 34.6 Å². The minimum atomic E-state index is 0. The molecule has 1 nitrogen and oxygen atoms in total. The van der Waals surface area contributed by atoms with Gasteiger partial charge in [-0.25, -0.2) is 0 Å². The van der Waals surface area contributed by atoms with Gasteiger partial charge in [-0.1, -0.05) is 34.1 Å². The van der Waals surface area contributed by atoms with Gasteiger partial charge < -0.3 is 13.8 Å². The second kappa shape index (κ2) is 12.4. The number of hydrogen-bond donors (Lipinski definition) is 0. The summed E-state index contributed by atoms with van der Waals surface area (Å²) in [6, 6.07) is 0. The van der Waals surface area contributed by atoms with E-state index < -0.39 is 0 Å². The number of ketones is 1. The van der Waals surface area contributed by atoms with Crippen molar-refractivity contribution in [1.29, 1.82) is 0 Å². The zero-order valence-corrected chi connectivity index (χ0v) is 13.7. The van der Waals surface area contributed by atoms with Crippen LogP contribution in [0.25, 0.3) is 0 Å². The van der Waals surface area contributed by atoms with Gasteiger partial charge in [-0.2, -0.15) is 12.8 Å². The molecule has 90 valence electrons. The predicted molar refractivity (Wildman–Crippen MR) is 63.9 cm³/mol. The molecular weight excluding hydrogens is 356 g/mol. The Morgan fingerprint density at radius 2 is 1.60 bits per heavy atom. The largest absolute Gasteiger partial charge is 2.00 e. The van der Waals surface area contributed by atoms with E-state index in [4.69, 9.17) is 0 Å². The van der Waals surface area contributed by atoms with Gasteiger partial charge in [-0.15, -0.1) is 0 Å². The number of hydrogen-bond acceptors (Lipinski definition) is 1. The molecule has 0 spiro atoms. The molecule has 0 aliphatic heterocycles. The zero-order chi connectivity index (χ0) is 11.6. The number of carbonyl (C=O) groups excluding carboxylic acids is 1. The maximum Gasteiger partial charge on any atom is 2.00 e. The molecule has 0 heterocycles. The van der Waals surface area contributed by atoms with E-state index in [0.29, 0.717) is 18.6 Å². The second-order valence-electron chi connectivity index (χ2n) is 4.73. The molecule has 0 saturated heterocycles. The van der Waals surface area contributed by atoms with Gasteiger partial charge in [0.1, 0.15) is 5.78 Å². The number of rotatable bonds is 4. The normalized spacial score (nSPS) is 9.73. The number of carbonyl (C=O) groups is 1. The van der Waals surface area contributed by atoms with Crippen LogP contribution in [-0.2, 0) is 25.9 Å². The molecule has 0 fully saturated rings. The molecule has 0 atom stereocenters. The first kappa shape index (κ1) is 20.7. The fraction of sp³-hybridized carbons (Fsp3) is 0.769. The number of unbranched alkanes of at least 4 members (excludes halogenated alkanes) is 1. The van der Waals surface area contributed by atoms with Crippen LogP contribution in [0.3, 0.4) is 0 Å². The summed E-state index contributed by atoms with van der Waals surface area (Å²) < 4.78 is 0. The van der Waals surface area contributed by atoms with Crippen LogP contribution in [0.4, 0.5) is 0 Å². The monoisotopic (exact) mass is 382 g/mol. The number of Topliss-reactive ketones (excluding diaryl/α,β-unsaturated/α-hetero) is 1. The predicted octanol–water partition coefficient (Wildman–Crippen LogP) is 4.22. The quantitative estimate of drug-likeness (QED) is 0.666. The third-order valence-corrected chi connectivity index (χ3v) is 1.43. The fourth-order valence-electron chi connectivity index (χ4n) is 1.00. The Labute approximate surface area is 111 Å². The second-order valence-corrected chi connectivity index (χ2v) is 4.73. The SMILES string of the molecule is [CH2-]CC.[CH2-]CCCC(=O)CC(C)(C)C.[W+2]. The first-order chi connectivity index (χ1) is 6.37. The van der Waals surface area contributed by atoms with Gasteiger partial charge in [-0.3, -0.25) is 4.79 Å². The van der Waals surface area contributed by atoms with E-state index in [9.17, 15) is 4.79 Å². The average molecular weight is 382 g/mol. The van der Waals surface area contributed by atoms with Crippen molar-refractivity contribution in [1.82, 2.24) is 0 Å². The Bertz CT molecular complexity index is 136. The van der Waals surface area contributed by atoms with Crippen molar-refractivity contribution in [2.75, 3.05) is 0 Å². The smallest absolute Gasteiger partial charge is 0.344 e. The molecule has 0 N–H and O–H groups in total. The van der Waals surface area contributed by atoms with Gasteiger partial charge in [0.2, 0.25) is 0 Å². The molecule has 0 rings (SSSR count). The molecule has 0 unspecified atom stereocenters. The first-order valence-corrected chi connectivity index (χ1v) is 5.47. The van der Waals surface area contributed by atoms with Crippen molar-refractivity contribution in [3.63, 3.8) is 0 Å². The molecule has 15 heavy (non-hydrogen) atoms. The summed E-state index contributed by atoms with van der Waals surface area (Å²) in [5, 5.41) is 0. The van der Waals surface area contributed by atoms with Crippen molar-refractivity contribution >= 4 is 5.78 Å². The molecule has 0 aliphatic rings. The molecule has 0 aromatic heterocycles. The Morgan fingerprint density at radius 1 is 1.20 bits per heavy atom. The molecule has 0 amide bonds. The Morgan fingerprint density at radius 3 is 1.87 bits per heavy atom. The van der Waals surface area contributed by atoms with Crippen LogP contribution in [0.5, 0.6) is 0 Å². The summed E-state index contributed by atoms with van der Waals surface area (Å²) in [7, 11) is 0. The molecule has 0 aromatic rings. The van der Waals surface area contributed by atoms with Crippen LogP contribution in [0.2, 0.25) is 0 Å². The standard InChI is InChI=1S/C10H19O.C3H7.W/c1-5-6-7-9(11)8-10(2,3)4;1-3-2;/h1,5-8H2,2-4H3;1,3H2,2H3;/q2*-1;+2. The third-order valence-electron chi connectivity index (χ3n) is 1.43. The topological polar surface area (TPSA) is 17.1 Å². The van der Waals surface area contributed by atoms with Crippen LogP contribution < -0.4 is 0 Å². The minimum absolute atomic E-state index is 0. The van der Waals surface area contributed by atoms with Crippen LogP contribution in [0.15, 0.2) is 0 Å². The van der Waals surface area contributed by atoms with E-state index >= 15 is 0 Å². The third kappa shape index (κ3) is 25.0. The van der Waals surface area contributed by atoms with E-state index in [-0.39, 0.29) is 26.5 Å². The van der Waals surface area contributed by atoms with Gasteiger partial charge in [0, 0.05) is 12.8 Å². The molecule has 0 saturated carbocycles. The van der Waals surface area contributed by atoms with Crippen molar-refractivity contribution in [2.45, 2.75) is 59.8 Å². The van der Waals surface area contributed by atoms with Gasteiger partial charge in [0.05, 0.1) is 0 Å². The first-order valence-electron chi connectivity index (χ1n) is 5.47. The van der Waals surface area contributed by atoms with Crippen LogP contribution in [0, 0.1) is 19.3 Å². The average Bonchev–Trinajstić information content (AvgIpc) is 1.99. The van der Waals surface area contributed by atoms with E-state index in [1.165, 1.54) is 0 Å². The van der Waals surface area contributed by atoms with Crippen LogP contribution in [-0.4, -0.2) is 5.78 Å². The summed E-state index contributed by atoms with van der Waals surface area (Å²) in [4.78, 5) is 11.2. The maximum atomic E-state index is 11.2. The molecule has 0 bridgehead atoms. The van der Waals surface area contributed by atoms with Gasteiger partial charge in [0.15, 0.2) is 0 Å². The van der Waals surface area contributed by atoms with Crippen LogP contribution in [0.1, 0.15) is 59.8 Å². The summed E-state index contributed by atoms with van der Waals surface area (Å²) in [6.45, 7) is 15.5. The minimum Gasteiger partial charge on any atom is -0.344 e. The Hall–Kier alpha value is 0.358. The van der Waals surface area contributed by atoms with Crippen molar-refractivity contribution in [3.05, 3.63) is 13.8 Å². The van der Waals surface area contributed by atoms with E-state index in [1.807, 2.05) is 6.92 Å². The van der Waals surface area contributed by atoms with Crippen LogP contribution >= 0.6 is 0 Å². The molecule has 0 aromatic carbocycles. The van der Waals surface area contributed by atoms with Gasteiger partial charge >= 0.3 is 21.1 Å². The molecule has 0 radical (unpaired) electrons. The summed E-state index contributed by atoms with van der Waals surface area (Å²) in [6.07, 6.45) is 4.22. The molecular formula is C13H26OW. The summed E-state index contributed by atoms with van der Waals surface area (Å²) in [5.74, 6) is 0.376. The fourth-order valence-corrected chi connectivity index (χ4v) is 1.00. The van der Waals surface area contributed by atoms with Gasteiger partial charge in [-0.05, 0) is 5.41 Å². The maximum absolute atomic E-state index is 11.2. The van der Waals surface area contributed by atoms with Gasteiger partial charge in [0.25, 0.3) is 0 Å². The summed E-state index contributed by atoms with van der Waals surface area (Å²) in [5.41, 5.74) is 0.151. The molecule has 0 aliphatic carbocycles. The van der Waals surface area contributed by atoms with Crippen molar-refractivity contribution in [2.24, 2.45) is 5.41 Å². The van der Waals surface area contributed by atoms with Crippen molar-refractivity contribution in [3.8, 4) is 0 Å².